The van der Waals surface area contributed by atoms with Gasteiger partial charge in [0.15, 0.2) is 0 Å². The minimum Gasteiger partial charge on any atom is -0.349 e. The Hall–Kier alpha value is -3.34. The predicted octanol–water partition coefficient (Wildman–Crippen LogP) is 0.750. The molecule has 0 spiro atoms. The quantitative estimate of drug-likeness (QED) is 0.640. The zero-order chi connectivity index (χ0) is 18.9. The first-order chi connectivity index (χ1) is 13.0. The monoisotopic (exact) mass is 385 g/mol. The van der Waals surface area contributed by atoms with E-state index >= 15 is 0 Å². The summed E-state index contributed by atoms with van der Waals surface area (Å²) in [5.41, 5.74) is 0.276. The number of hydrogen-bond donors (Lipinski definition) is 2. The second-order valence-corrected chi connectivity index (χ2v) is 7.61. The van der Waals surface area contributed by atoms with Crippen molar-refractivity contribution < 1.29 is 13.2 Å². The average molecular weight is 385 g/mol. The van der Waals surface area contributed by atoms with E-state index in [1.807, 2.05) is 0 Å². The summed E-state index contributed by atoms with van der Waals surface area (Å²) in [7, 11) is -3.99. The normalized spacial score (nSPS) is 13.9. The molecular weight excluding hydrogens is 370 g/mol. The summed E-state index contributed by atoms with van der Waals surface area (Å²) in [4.78, 5) is 24.0. The van der Waals surface area contributed by atoms with Crippen molar-refractivity contribution in [2.75, 3.05) is 4.72 Å². The second-order valence-electron chi connectivity index (χ2n) is 5.93. The summed E-state index contributed by atoms with van der Waals surface area (Å²) >= 11 is 0. The number of benzene rings is 1. The van der Waals surface area contributed by atoms with Crippen LogP contribution in [0.2, 0.25) is 0 Å². The van der Waals surface area contributed by atoms with Crippen molar-refractivity contribution in [3.05, 3.63) is 54.6 Å². The number of aromatic nitrogens is 5. The van der Waals surface area contributed by atoms with Gasteiger partial charge in [-0.1, -0.05) is 6.07 Å². The fraction of sp³-hybridized carbons (Fsp3) is 0.188. The van der Waals surface area contributed by atoms with E-state index in [9.17, 15) is 13.2 Å². The zero-order valence-electron chi connectivity index (χ0n) is 14.0. The van der Waals surface area contributed by atoms with E-state index in [0.29, 0.717) is 0 Å². The van der Waals surface area contributed by atoms with Gasteiger partial charge >= 0.3 is 0 Å². The number of nitrogens with zero attached hydrogens (tertiary/aromatic N) is 5. The predicted molar refractivity (Wildman–Crippen MR) is 94.7 cm³/mol. The van der Waals surface area contributed by atoms with Crippen LogP contribution in [0.5, 0.6) is 0 Å². The Labute approximate surface area is 154 Å². The molecule has 1 amide bonds. The number of sulfonamides is 1. The number of rotatable bonds is 6. The van der Waals surface area contributed by atoms with Gasteiger partial charge in [-0.3, -0.25) is 4.79 Å². The van der Waals surface area contributed by atoms with Crippen molar-refractivity contribution in [2.24, 2.45) is 0 Å². The van der Waals surface area contributed by atoms with Gasteiger partial charge in [0.1, 0.15) is 6.33 Å². The number of carbonyl (C=O) groups excluding carboxylic acids is 1. The van der Waals surface area contributed by atoms with Gasteiger partial charge in [0.05, 0.1) is 4.90 Å². The Kier molecular flexibility index (Phi) is 4.28. The van der Waals surface area contributed by atoms with Crippen molar-refractivity contribution in [3.8, 4) is 5.95 Å². The van der Waals surface area contributed by atoms with E-state index in [1.54, 1.807) is 12.1 Å². The minimum atomic E-state index is -3.99. The fourth-order valence-electron chi connectivity index (χ4n) is 2.34. The summed E-state index contributed by atoms with van der Waals surface area (Å²) in [6.45, 7) is 0. The van der Waals surface area contributed by atoms with Crippen LogP contribution >= 0.6 is 0 Å². The SMILES string of the molecule is O=C(NC1CC1)c1cccc(S(=O)(=O)Nc2ncnn2-c2ncccn2)c1. The molecule has 0 saturated heterocycles. The Morgan fingerprint density at radius 2 is 1.89 bits per heavy atom. The lowest BCUT2D eigenvalue weighted by Gasteiger charge is -2.09. The molecule has 10 nitrogen and oxygen atoms in total. The van der Waals surface area contributed by atoms with E-state index in [0.717, 1.165) is 12.8 Å². The molecule has 0 radical (unpaired) electrons. The Morgan fingerprint density at radius 1 is 1.11 bits per heavy atom. The third-order valence-electron chi connectivity index (χ3n) is 3.83. The van der Waals surface area contributed by atoms with Crippen LogP contribution in [0.1, 0.15) is 23.2 Å². The summed E-state index contributed by atoms with van der Waals surface area (Å²) in [6.07, 6.45) is 6.09. The highest BCUT2D eigenvalue weighted by molar-refractivity contribution is 7.92. The van der Waals surface area contributed by atoms with E-state index in [-0.39, 0.29) is 34.3 Å². The van der Waals surface area contributed by atoms with Crippen LogP contribution in [0.3, 0.4) is 0 Å². The van der Waals surface area contributed by atoms with Gasteiger partial charge in [-0.15, -0.1) is 0 Å². The lowest BCUT2D eigenvalue weighted by Crippen LogP contribution is -2.25. The third kappa shape index (κ3) is 3.77. The Morgan fingerprint density at radius 3 is 2.63 bits per heavy atom. The molecule has 27 heavy (non-hydrogen) atoms. The van der Waals surface area contributed by atoms with E-state index < -0.39 is 10.0 Å². The third-order valence-corrected chi connectivity index (χ3v) is 5.16. The van der Waals surface area contributed by atoms with E-state index in [1.165, 1.54) is 41.6 Å². The summed E-state index contributed by atoms with van der Waals surface area (Å²) in [5.74, 6) is -0.185. The average Bonchev–Trinajstić information content (AvgIpc) is 3.38. The van der Waals surface area contributed by atoms with Gasteiger partial charge < -0.3 is 5.32 Å². The smallest absolute Gasteiger partial charge is 0.264 e. The highest BCUT2D eigenvalue weighted by Crippen LogP contribution is 2.21. The first-order valence-corrected chi connectivity index (χ1v) is 9.62. The largest absolute Gasteiger partial charge is 0.349 e. The van der Waals surface area contributed by atoms with Crippen LogP contribution < -0.4 is 10.0 Å². The van der Waals surface area contributed by atoms with Crippen LogP contribution in [-0.2, 0) is 10.0 Å². The summed E-state index contributed by atoms with van der Waals surface area (Å²) in [6, 6.07) is 7.61. The highest BCUT2D eigenvalue weighted by Gasteiger charge is 2.25. The molecular formula is C16H15N7O3S. The zero-order valence-corrected chi connectivity index (χ0v) is 14.8. The lowest BCUT2D eigenvalue weighted by molar-refractivity contribution is 0.0951. The molecule has 3 aromatic rings. The van der Waals surface area contributed by atoms with Gasteiger partial charge in [0.25, 0.3) is 21.9 Å². The molecule has 4 rings (SSSR count). The van der Waals surface area contributed by atoms with Crippen molar-refractivity contribution in [1.29, 1.82) is 0 Å². The molecule has 2 aromatic heterocycles. The molecule has 2 N–H and O–H groups in total. The first-order valence-electron chi connectivity index (χ1n) is 8.14. The molecule has 0 unspecified atom stereocenters. The molecule has 1 aliphatic carbocycles. The fourth-order valence-corrected chi connectivity index (χ4v) is 3.38. The maximum absolute atomic E-state index is 12.7. The van der Waals surface area contributed by atoms with Gasteiger partial charge in [0, 0.05) is 24.0 Å². The van der Waals surface area contributed by atoms with Crippen LogP contribution in [0, 0.1) is 0 Å². The molecule has 0 aliphatic heterocycles. The lowest BCUT2D eigenvalue weighted by atomic mass is 10.2. The Balaban J connectivity index is 1.60. The van der Waals surface area contributed by atoms with Gasteiger partial charge in [0.2, 0.25) is 5.95 Å². The van der Waals surface area contributed by atoms with Crippen LogP contribution in [-0.4, -0.2) is 45.1 Å². The van der Waals surface area contributed by atoms with Gasteiger partial charge in [-0.05, 0) is 37.1 Å². The number of carbonyl (C=O) groups is 1. The van der Waals surface area contributed by atoms with Crippen LogP contribution in [0.4, 0.5) is 5.95 Å². The second kappa shape index (κ2) is 6.76. The van der Waals surface area contributed by atoms with E-state index in [4.69, 9.17) is 0 Å². The molecule has 0 bridgehead atoms. The number of hydrogen-bond acceptors (Lipinski definition) is 7. The highest BCUT2D eigenvalue weighted by atomic mass is 32.2. The molecule has 138 valence electrons. The number of anilines is 1. The number of amides is 1. The topological polar surface area (TPSA) is 132 Å². The Bertz CT molecular complexity index is 1080. The van der Waals surface area contributed by atoms with Crippen molar-refractivity contribution >= 4 is 21.9 Å². The number of nitrogens with one attached hydrogen (secondary N) is 2. The van der Waals surface area contributed by atoms with E-state index in [2.05, 4.69) is 30.1 Å². The molecule has 11 heteroatoms. The molecule has 0 atom stereocenters. The maximum Gasteiger partial charge on any atom is 0.264 e. The van der Waals surface area contributed by atoms with Crippen LogP contribution in [0.15, 0.2) is 53.9 Å². The molecule has 2 heterocycles. The molecule has 1 saturated carbocycles. The molecule has 1 fully saturated rings. The van der Waals surface area contributed by atoms with Crippen molar-refractivity contribution in [2.45, 2.75) is 23.8 Å². The first kappa shape index (κ1) is 17.1. The standard InChI is InChI=1S/C16H15N7O3S/c24-14(21-12-5-6-12)11-3-1-4-13(9-11)27(25,26)22-16-19-10-20-23(16)15-17-7-2-8-18-15/h1-4,7-10,12H,5-6H2,(H,21,24)(H,19,20,22). The van der Waals surface area contributed by atoms with Crippen LogP contribution in [0.25, 0.3) is 5.95 Å². The summed E-state index contributed by atoms with van der Waals surface area (Å²) < 4.78 is 29.0. The molecule has 1 aliphatic rings. The van der Waals surface area contributed by atoms with Crippen molar-refractivity contribution in [1.82, 2.24) is 30.0 Å². The van der Waals surface area contributed by atoms with Crippen molar-refractivity contribution in [3.63, 3.8) is 0 Å². The maximum atomic E-state index is 12.7. The summed E-state index contributed by atoms with van der Waals surface area (Å²) in [5, 5.41) is 6.77. The van der Waals surface area contributed by atoms with Gasteiger partial charge in [-0.2, -0.15) is 14.8 Å². The molecule has 1 aromatic carbocycles. The van der Waals surface area contributed by atoms with Gasteiger partial charge in [-0.25, -0.2) is 23.1 Å². The minimum absolute atomic E-state index is 0.0607.